The van der Waals surface area contributed by atoms with Crippen LogP contribution in [0.15, 0.2) is 6.20 Å². The second-order valence-corrected chi connectivity index (χ2v) is 2.31. The van der Waals surface area contributed by atoms with Crippen LogP contribution in [-0.4, -0.2) is 33.8 Å². The van der Waals surface area contributed by atoms with Crippen molar-refractivity contribution in [1.29, 1.82) is 0 Å². The molecular formula is C8H18N4O. The molecule has 1 heterocycles. The summed E-state index contributed by atoms with van der Waals surface area (Å²) in [4.78, 5) is 0. The van der Waals surface area contributed by atoms with Gasteiger partial charge in [0.2, 0.25) is 0 Å². The fourth-order valence-electron chi connectivity index (χ4n) is 0.946. The third-order valence-electron chi connectivity index (χ3n) is 1.64. The van der Waals surface area contributed by atoms with Gasteiger partial charge >= 0.3 is 0 Å². The predicted octanol–water partition coefficient (Wildman–Crippen LogP) is 0.0941. The number of aliphatic hydroxyl groups is 1. The van der Waals surface area contributed by atoms with Gasteiger partial charge in [-0.25, -0.2) is 0 Å². The Morgan fingerprint density at radius 3 is 2.54 bits per heavy atom. The van der Waals surface area contributed by atoms with E-state index < -0.39 is 0 Å². The Hall–Kier alpha value is -0.940. The topological polar surface area (TPSA) is 63.0 Å². The van der Waals surface area contributed by atoms with Crippen LogP contribution < -0.4 is 5.32 Å². The monoisotopic (exact) mass is 186 g/mol. The molecule has 0 aromatic carbocycles. The fourth-order valence-corrected chi connectivity index (χ4v) is 0.946. The fraction of sp³-hybridized carbons (Fsp3) is 0.750. The Bertz CT molecular complexity index is 220. The second-order valence-electron chi connectivity index (χ2n) is 2.31. The molecule has 1 aromatic heterocycles. The van der Waals surface area contributed by atoms with Crippen molar-refractivity contribution in [2.45, 2.75) is 19.9 Å². The minimum absolute atomic E-state index is 0.0533. The second kappa shape index (κ2) is 6.56. The highest BCUT2D eigenvalue weighted by Gasteiger charge is 2.11. The Labute approximate surface area is 78.8 Å². The maximum Gasteiger partial charge on any atom is 0.0776 e. The first-order valence-electron chi connectivity index (χ1n) is 4.42. The first-order chi connectivity index (χ1) is 6.29. The third-order valence-corrected chi connectivity index (χ3v) is 1.64. The van der Waals surface area contributed by atoms with E-state index in [-0.39, 0.29) is 12.6 Å². The summed E-state index contributed by atoms with van der Waals surface area (Å²) in [6.07, 6.45) is 1.64. The van der Waals surface area contributed by atoms with E-state index in [1.807, 2.05) is 13.8 Å². The molecule has 0 radical (unpaired) electrons. The van der Waals surface area contributed by atoms with Crippen molar-refractivity contribution in [3.8, 4) is 0 Å². The molecule has 0 fully saturated rings. The number of rotatable bonds is 3. The molecule has 0 amide bonds. The van der Waals surface area contributed by atoms with E-state index in [2.05, 4.69) is 15.6 Å². The summed E-state index contributed by atoms with van der Waals surface area (Å²) in [5, 5.41) is 19.3. The van der Waals surface area contributed by atoms with Crippen molar-refractivity contribution in [3.63, 3.8) is 0 Å². The van der Waals surface area contributed by atoms with Gasteiger partial charge in [0.1, 0.15) is 0 Å². The van der Waals surface area contributed by atoms with Gasteiger partial charge in [-0.3, -0.25) is 4.68 Å². The van der Waals surface area contributed by atoms with E-state index in [1.54, 1.807) is 25.0 Å². The van der Waals surface area contributed by atoms with Gasteiger partial charge in [-0.05, 0) is 7.05 Å². The molecule has 0 bridgehead atoms. The van der Waals surface area contributed by atoms with Gasteiger partial charge in [-0.15, -0.1) is 5.10 Å². The van der Waals surface area contributed by atoms with Gasteiger partial charge in [0.15, 0.2) is 0 Å². The zero-order valence-corrected chi connectivity index (χ0v) is 8.65. The van der Waals surface area contributed by atoms with Crippen LogP contribution in [0.5, 0.6) is 0 Å². The zero-order chi connectivity index (χ0) is 10.3. The maximum absolute atomic E-state index is 8.89. The SMILES string of the molecule is CC.CNC(CO)c1cnnn1C. The standard InChI is InChI=1S/C6H12N4O.C2H6/c1-7-5(4-11)6-3-8-9-10(6)2;1-2/h3,5,7,11H,4H2,1-2H3;1-2H3. The lowest BCUT2D eigenvalue weighted by molar-refractivity contribution is 0.245. The molecule has 1 unspecified atom stereocenters. The van der Waals surface area contributed by atoms with Crippen molar-refractivity contribution in [1.82, 2.24) is 20.3 Å². The smallest absolute Gasteiger partial charge is 0.0776 e. The van der Waals surface area contributed by atoms with E-state index in [9.17, 15) is 0 Å². The molecule has 0 saturated heterocycles. The van der Waals surface area contributed by atoms with Crippen molar-refractivity contribution >= 4 is 0 Å². The number of hydrogen-bond donors (Lipinski definition) is 2. The lowest BCUT2D eigenvalue weighted by Gasteiger charge is -2.11. The highest BCUT2D eigenvalue weighted by atomic mass is 16.3. The summed E-state index contributed by atoms with van der Waals surface area (Å²) < 4.78 is 1.64. The average molecular weight is 186 g/mol. The van der Waals surface area contributed by atoms with E-state index in [0.717, 1.165) is 5.69 Å². The Morgan fingerprint density at radius 2 is 2.23 bits per heavy atom. The van der Waals surface area contributed by atoms with Gasteiger partial charge in [0.05, 0.1) is 24.5 Å². The van der Waals surface area contributed by atoms with E-state index in [1.165, 1.54) is 0 Å². The van der Waals surface area contributed by atoms with E-state index in [0.29, 0.717) is 0 Å². The summed E-state index contributed by atoms with van der Waals surface area (Å²) in [5.41, 5.74) is 0.884. The summed E-state index contributed by atoms with van der Waals surface area (Å²) in [6.45, 7) is 4.05. The summed E-state index contributed by atoms with van der Waals surface area (Å²) in [5.74, 6) is 0. The molecule has 5 nitrogen and oxygen atoms in total. The largest absolute Gasteiger partial charge is 0.394 e. The first kappa shape index (κ1) is 12.1. The normalized spacial score (nSPS) is 11.8. The number of aromatic nitrogens is 3. The number of nitrogens with one attached hydrogen (secondary N) is 1. The lowest BCUT2D eigenvalue weighted by atomic mass is 10.2. The molecule has 0 aliphatic heterocycles. The predicted molar refractivity (Wildman–Crippen MR) is 51.2 cm³/mol. The Balaban J connectivity index is 0.000000671. The molecule has 2 N–H and O–H groups in total. The zero-order valence-electron chi connectivity index (χ0n) is 8.65. The highest BCUT2D eigenvalue weighted by molar-refractivity contribution is 5.00. The summed E-state index contributed by atoms with van der Waals surface area (Å²) in [7, 11) is 3.58. The van der Waals surface area contributed by atoms with Crippen molar-refractivity contribution in [3.05, 3.63) is 11.9 Å². The Kier molecular flexibility index (Phi) is 6.09. The van der Waals surface area contributed by atoms with E-state index in [4.69, 9.17) is 5.11 Å². The van der Waals surface area contributed by atoms with Crippen LogP contribution in [0.4, 0.5) is 0 Å². The van der Waals surface area contributed by atoms with Crippen LogP contribution in [0.25, 0.3) is 0 Å². The lowest BCUT2D eigenvalue weighted by Crippen LogP contribution is -2.22. The van der Waals surface area contributed by atoms with Crippen LogP contribution in [0.2, 0.25) is 0 Å². The molecule has 13 heavy (non-hydrogen) atoms. The van der Waals surface area contributed by atoms with Crippen LogP contribution in [0.3, 0.4) is 0 Å². The number of hydrogen-bond acceptors (Lipinski definition) is 4. The molecule has 76 valence electrons. The third kappa shape index (κ3) is 3.12. The molecule has 0 aliphatic carbocycles. The van der Waals surface area contributed by atoms with Crippen LogP contribution in [0.1, 0.15) is 25.6 Å². The highest BCUT2D eigenvalue weighted by Crippen LogP contribution is 2.07. The van der Waals surface area contributed by atoms with Gasteiger partial charge in [-0.1, -0.05) is 19.1 Å². The number of nitrogens with zero attached hydrogens (tertiary/aromatic N) is 3. The quantitative estimate of drug-likeness (QED) is 0.702. The molecule has 5 heteroatoms. The van der Waals surface area contributed by atoms with Gasteiger partial charge in [0, 0.05) is 7.05 Å². The van der Waals surface area contributed by atoms with Crippen LogP contribution in [-0.2, 0) is 7.05 Å². The van der Waals surface area contributed by atoms with Crippen molar-refractivity contribution < 1.29 is 5.11 Å². The first-order valence-corrected chi connectivity index (χ1v) is 4.42. The number of likely N-dealkylation sites (N-methyl/N-ethyl adjacent to an activating group) is 1. The molecule has 0 aliphatic rings. The van der Waals surface area contributed by atoms with Crippen molar-refractivity contribution in [2.24, 2.45) is 7.05 Å². The molecule has 0 spiro atoms. The average Bonchev–Trinajstić information content (AvgIpc) is 2.58. The molecule has 1 atom stereocenters. The van der Waals surface area contributed by atoms with E-state index >= 15 is 0 Å². The minimum Gasteiger partial charge on any atom is -0.394 e. The number of aliphatic hydroxyl groups excluding tert-OH is 1. The minimum atomic E-state index is -0.0741. The molecule has 0 saturated carbocycles. The molecule has 1 rings (SSSR count). The molecular weight excluding hydrogens is 168 g/mol. The number of aryl methyl sites for hydroxylation is 1. The van der Waals surface area contributed by atoms with Gasteiger partial charge < -0.3 is 10.4 Å². The van der Waals surface area contributed by atoms with Crippen molar-refractivity contribution in [2.75, 3.05) is 13.7 Å². The van der Waals surface area contributed by atoms with Gasteiger partial charge in [0.25, 0.3) is 0 Å². The van der Waals surface area contributed by atoms with Gasteiger partial charge in [-0.2, -0.15) is 0 Å². The Morgan fingerprint density at radius 1 is 1.62 bits per heavy atom. The van der Waals surface area contributed by atoms with Crippen LogP contribution in [0, 0.1) is 0 Å². The van der Waals surface area contributed by atoms with Crippen LogP contribution >= 0.6 is 0 Å². The molecule has 1 aromatic rings. The maximum atomic E-state index is 8.89. The summed E-state index contributed by atoms with van der Waals surface area (Å²) in [6, 6.07) is -0.0741. The summed E-state index contributed by atoms with van der Waals surface area (Å²) >= 11 is 0.